The van der Waals surface area contributed by atoms with E-state index < -0.39 is 0 Å². The summed E-state index contributed by atoms with van der Waals surface area (Å²) in [5, 5.41) is 16.6. The topological polar surface area (TPSA) is 44.6 Å². The molecule has 0 aromatic heterocycles. The minimum absolute atomic E-state index is 0.163. The van der Waals surface area contributed by atoms with Gasteiger partial charge in [0.25, 0.3) is 0 Å². The number of nitrogens with one attached hydrogen (secondary N) is 1. The Bertz CT molecular complexity index is 610. The summed E-state index contributed by atoms with van der Waals surface area (Å²) in [6.07, 6.45) is 0.741. The molecule has 2 aromatic carbocycles. The van der Waals surface area contributed by atoms with Gasteiger partial charge in [-0.25, -0.2) is 0 Å². The van der Waals surface area contributed by atoms with E-state index in [0.717, 1.165) is 12.1 Å². The van der Waals surface area contributed by atoms with Gasteiger partial charge in [-0.2, -0.15) is 0 Å². The van der Waals surface area contributed by atoms with Gasteiger partial charge in [-0.15, -0.1) is 0 Å². The van der Waals surface area contributed by atoms with E-state index in [1.165, 1.54) is 11.1 Å². The first kappa shape index (κ1) is 13.8. The highest BCUT2D eigenvalue weighted by atomic mass is 16.4. The number of hydrogen-bond acceptors (Lipinski definition) is 3. The minimum atomic E-state index is 0.163. The zero-order valence-corrected chi connectivity index (χ0v) is 12.1. The molecule has 1 heterocycles. The Kier molecular flexibility index (Phi) is 4.02. The molecular formula is C18H20N2O. The molecule has 108 valence electrons. The molecule has 1 fully saturated rings. The van der Waals surface area contributed by atoms with Gasteiger partial charge in [-0.3, -0.25) is 0 Å². The molecule has 2 N–H and O–H groups in total. The maximum absolute atomic E-state index is 9.35. The molecule has 0 spiro atoms. The van der Waals surface area contributed by atoms with Crippen molar-refractivity contribution >= 4 is 5.71 Å². The highest BCUT2D eigenvalue weighted by Crippen LogP contribution is 2.35. The Labute approximate surface area is 125 Å². The smallest absolute Gasteiger partial charge is 0.0636 e. The third-order valence-electron chi connectivity index (χ3n) is 4.31. The summed E-state index contributed by atoms with van der Waals surface area (Å²) >= 11 is 0. The molecule has 3 heteroatoms. The summed E-state index contributed by atoms with van der Waals surface area (Å²) in [5.74, 6) is 0.178. The average molecular weight is 280 g/mol. The van der Waals surface area contributed by atoms with Crippen molar-refractivity contribution in [3.8, 4) is 0 Å². The first-order chi connectivity index (χ1) is 10.3. The first-order valence-electron chi connectivity index (χ1n) is 7.36. The molecule has 0 bridgehead atoms. The number of rotatable bonds is 2. The van der Waals surface area contributed by atoms with Crippen LogP contribution in [0.2, 0.25) is 0 Å². The predicted octanol–water partition coefficient (Wildman–Crippen LogP) is 3.93. The van der Waals surface area contributed by atoms with Gasteiger partial charge < -0.3 is 10.5 Å². The van der Waals surface area contributed by atoms with Crippen LogP contribution in [0.3, 0.4) is 0 Å². The van der Waals surface area contributed by atoms with Crippen LogP contribution in [0.4, 0.5) is 0 Å². The third kappa shape index (κ3) is 2.83. The Morgan fingerprint density at radius 2 is 1.52 bits per heavy atom. The van der Waals surface area contributed by atoms with Crippen molar-refractivity contribution in [3.05, 3.63) is 71.8 Å². The van der Waals surface area contributed by atoms with Gasteiger partial charge in [0.15, 0.2) is 0 Å². The van der Waals surface area contributed by atoms with Gasteiger partial charge in [-0.05, 0) is 11.1 Å². The lowest BCUT2D eigenvalue weighted by Crippen LogP contribution is -2.41. The highest BCUT2D eigenvalue weighted by Gasteiger charge is 2.33. The van der Waals surface area contributed by atoms with Crippen molar-refractivity contribution in [2.75, 3.05) is 0 Å². The highest BCUT2D eigenvalue weighted by molar-refractivity contribution is 5.88. The van der Waals surface area contributed by atoms with Crippen LogP contribution in [-0.2, 0) is 0 Å². The largest absolute Gasteiger partial charge is 0.411 e. The van der Waals surface area contributed by atoms with E-state index >= 15 is 0 Å². The molecular weight excluding hydrogens is 260 g/mol. The van der Waals surface area contributed by atoms with Crippen LogP contribution in [0.1, 0.15) is 36.6 Å². The number of benzene rings is 2. The van der Waals surface area contributed by atoms with E-state index in [1.807, 2.05) is 36.4 Å². The maximum atomic E-state index is 9.35. The summed E-state index contributed by atoms with van der Waals surface area (Å²) in [7, 11) is 0. The normalized spacial score (nSPS) is 27.7. The van der Waals surface area contributed by atoms with E-state index in [2.05, 4.69) is 41.7 Å². The SMILES string of the molecule is C[C@H]1/C(=N/O)C[C@@H](c2ccccc2)N[C@@H]1c1ccccc1. The summed E-state index contributed by atoms with van der Waals surface area (Å²) in [5.41, 5.74) is 3.31. The number of oxime groups is 1. The van der Waals surface area contributed by atoms with Crippen LogP contribution in [0, 0.1) is 5.92 Å². The Morgan fingerprint density at radius 3 is 2.10 bits per heavy atom. The zero-order valence-electron chi connectivity index (χ0n) is 12.1. The number of piperidine rings is 1. The summed E-state index contributed by atoms with van der Waals surface area (Å²) in [6, 6.07) is 21.0. The van der Waals surface area contributed by atoms with Gasteiger partial charge >= 0.3 is 0 Å². The summed E-state index contributed by atoms with van der Waals surface area (Å²) in [4.78, 5) is 0. The minimum Gasteiger partial charge on any atom is -0.411 e. The standard InChI is InChI=1S/C18H20N2O/c1-13-16(20-21)12-17(14-8-4-2-5-9-14)19-18(13)15-10-6-3-7-11-15/h2-11,13,17-19,21H,12H2,1H3/b20-16+/t13-,17-,18-/m0/s1. The molecule has 1 aliphatic heterocycles. The van der Waals surface area contributed by atoms with E-state index in [4.69, 9.17) is 0 Å². The molecule has 0 saturated carbocycles. The van der Waals surface area contributed by atoms with Gasteiger partial charge in [0.1, 0.15) is 0 Å². The molecule has 2 aromatic rings. The lowest BCUT2D eigenvalue weighted by atomic mass is 9.81. The van der Waals surface area contributed by atoms with Gasteiger partial charge in [0.05, 0.1) is 5.71 Å². The van der Waals surface area contributed by atoms with Crippen molar-refractivity contribution < 1.29 is 5.21 Å². The maximum Gasteiger partial charge on any atom is 0.0636 e. The van der Waals surface area contributed by atoms with E-state index in [9.17, 15) is 5.21 Å². The quantitative estimate of drug-likeness (QED) is 0.646. The van der Waals surface area contributed by atoms with Crippen molar-refractivity contribution in [3.63, 3.8) is 0 Å². The molecule has 3 atom stereocenters. The molecule has 0 radical (unpaired) electrons. The second-order valence-electron chi connectivity index (χ2n) is 5.60. The fourth-order valence-electron chi connectivity index (χ4n) is 3.08. The summed E-state index contributed by atoms with van der Waals surface area (Å²) < 4.78 is 0. The first-order valence-corrected chi connectivity index (χ1v) is 7.36. The molecule has 21 heavy (non-hydrogen) atoms. The Hall–Kier alpha value is -2.13. The van der Waals surface area contributed by atoms with Crippen LogP contribution >= 0.6 is 0 Å². The van der Waals surface area contributed by atoms with Crippen molar-refractivity contribution in [2.24, 2.45) is 11.1 Å². The summed E-state index contributed by atoms with van der Waals surface area (Å²) in [6.45, 7) is 2.11. The van der Waals surface area contributed by atoms with Crippen LogP contribution in [0.25, 0.3) is 0 Å². The van der Waals surface area contributed by atoms with Crippen LogP contribution in [-0.4, -0.2) is 10.9 Å². The van der Waals surface area contributed by atoms with Crippen molar-refractivity contribution in [1.29, 1.82) is 0 Å². The molecule has 0 amide bonds. The Morgan fingerprint density at radius 1 is 0.952 bits per heavy atom. The lowest BCUT2D eigenvalue weighted by molar-refractivity contribution is 0.294. The fraction of sp³-hybridized carbons (Fsp3) is 0.278. The molecule has 0 unspecified atom stereocenters. The number of nitrogens with zero attached hydrogens (tertiary/aromatic N) is 1. The zero-order chi connectivity index (χ0) is 14.7. The van der Waals surface area contributed by atoms with E-state index in [0.29, 0.717) is 0 Å². The molecule has 1 aliphatic rings. The molecule has 0 aliphatic carbocycles. The van der Waals surface area contributed by atoms with Gasteiger partial charge in [0.2, 0.25) is 0 Å². The monoisotopic (exact) mass is 280 g/mol. The van der Waals surface area contributed by atoms with Gasteiger partial charge in [0, 0.05) is 24.4 Å². The third-order valence-corrected chi connectivity index (χ3v) is 4.31. The second kappa shape index (κ2) is 6.10. The lowest BCUT2D eigenvalue weighted by Gasteiger charge is -2.37. The Balaban J connectivity index is 1.93. The molecule has 3 nitrogen and oxygen atoms in total. The molecule has 3 rings (SSSR count). The van der Waals surface area contributed by atoms with Crippen molar-refractivity contribution in [2.45, 2.75) is 25.4 Å². The van der Waals surface area contributed by atoms with Crippen LogP contribution in [0.5, 0.6) is 0 Å². The van der Waals surface area contributed by atoms with Crippen LogP contribution in [0.15, 0.2) is 65.8 Å². The average Bonchev–Trinajstić information content (AvgIpc) is 2.56. The van der Waals surface area contributed by atoms with E-state index in [-0.39, 0.29) is 18.0 Å². The van der Waals surface area contributed by atoms with Crippen molar-refractivity contribution in [1.82, 2.24) is 5.32 Å². The predicted molar refractivity (Wildman–Crippen MR) is 84.5 cm³/mol. The second-order valence-corrected chi connectivity index (χ2v) is 5.60. The molecule has 1 saturated heterocycles. The fourth-order valence-corrected chi connectivity index (χ4v) is 3.08. The number of hydrogen-bond donors (Lipinski definition) is 2. The van der Waals surface area contributed by atoms with E-state index in [1.54, 1.807) is 0 Å². The van der Waals surface area contributed by atoms with Crippen LogP contribution < -0.4 is 5.32 Å². The van der Waals surface area contributed by atoms with Gasteiger partial charge in [-0.1, -0.05) is 72.7 Å².